The number of carbonyl (C=O) groups excluding carboxylic acids is 2. The summed E-state index contributed by atoms with van der Waals surface area (Å²) < 4.78 is 0. The van der Waals surface area contributed by atoms with Crippen LogP contribution in [0, 0.1) is 5.92 Å². The van der Waals surface area contributed by atoms with Crippen molar-refractivity contribution < 1.29 is 9.59 Å². The molecule has 6 heteroatoms. The highest BCUT2D eigenvalue weighted by Crippen LogP contribution is 2.22. The van der Waals surface area contributed by atoms with Gasteiger partial charge in [0.05, 0.1) is 6.42 Å². The Morgan fingerprint density at radius 3 is 2.41 bits per heavy atom. The van der Waals surface area contributed by atoms with E-state index in [-0.39, 0.29) is 17.7 Å². The van der Waals surface area contributed by atoms with Crippen LogP contribution in [0.5, 0.6) is 0 Å². The van der Waals surface area contributed by atoms with Crippen molar-refractivity contribution in [1.29, 1.82) is 0 Å². The van der Waals surface area contributed by atoms with E-state index in [2.05, 4.69) is 5.32 Å². The first-order valence-electron chi connectivity index (χ1n) is 9.06. The Morgan fingerprint density at radius 1 is 1.04 bits per heavy atom. The van der Waals surface area contributed by atoms with Gasteiger partial charge in [-0.25, -0.2) is 0 Å². The molecule has 0 unspecified atom stereocenters. The lowest BCUT2D eigenvalue weighted by atomic mass is 9.95. The van der Waals surface area contributed by atoms with Crippen LogP contribution in [0.25, 0.3) is 0 Å². The van der Waals surface area contributed by atoms with Gasteiger partial charge in [0.25, 0.3) is 0 Å². The van der Waals surface area contributed by atoms with E-state index in [9.17, 15) is 9.59 Å². The van der Waals surface area contributed by atoms with E-state index in [1.54, 1.807) is 12.1 Å². The summed E-state index contributed by atoms with van der Waals surface area (Å²) in [7, 11) is 0. The predicted molar refractivity (Wildman–Crippen MR) is 108 cm³/mol. The van der Waals surface area contributed by atoms with Crippen molar-refractivity contribution in [1.82, 2.24) is 10.2 Å². The fourth-order valence-electron chi connectivity index (χ4n) is 3.27. The Balaban J connectivity index is 1.45. The monoisotopic (exact) mass is 404 g/mol. The van der Waals surface area contributed by atoms with Crippen LogP contribution in [0.3, 0.4) is 0 Å². The summed E-state index contributed by atoms with van der Waals surface area (Å²) in [4.78, 5) is 26.7. The SMILES string of the molecule is O=C(NCc1ccc(Cl)cc1Cl)C1CCN(C(=O)Cc2ccccc2)CC1. The van der Waals surface area contributed by atoms with Crippen molar-refractivity contribution in [3.8, 4) is 0 Å². The van der Waals surface area contributed by atoms with Crippen LogP contribution >= 0.6 is 23.2 Å². The first kappa shape index (κ1) is 19.7. The van der Waals surface area contributed by atoms with Crippen molar-refractivity contribution in [3.05, 3.63) is 69.7 Å². The topological polar surface area (TPSA) is 49.4 Å². The normalized spacial score (nSPS) is 14.8. The number of carbonyl (C=O) groups is 2. The lowest BCUT2D eigenvalue weighted by molar-refractivity contribution is -0.135. The summed E-state index contributed by atoms with van der Waals surface area (Å²) in [6.07, 6.45) is 1.77. The molecule has 1 aliphatic rings. The first-order valence-corrected chi connectivity index (χ1v) is 9.82. The zero-order valence-electron chi connectivity index (χ0n) is 15.0. The van der Waals surface area contributed by atoms with Gasteiger partial charge in [-0.1, -0.05) is 59.6 Å². The van der Waals surface area contributed by atoms with E-state index in [1.807, 2.05) is 41.3 Å². The number of nitrogens with zero attached hydrogens (tertiary/aromatic N) is 1. The van der Waals surface area contributed by atoms with Gasteiger partial charge in [-0.2, -0.15) is 0 Å². The highest BCUT2D eigenvalue weighted by Gasteiger charge is 2.27. The summed E-state index contributed by atoms with van der Waals surface area (Å²) in [6.45, 7) is 1.61. The van der Waals surface area contributed by atoms with Crippen molar-refractivity contribution in [2.75, 3.05) is 13.1 Å². The highest BCUT2D eigenvalue weighted by atomic mass is 35.5. The smallest absolute Gasteiger partial charge is 0.226 e. The van der Waals surface area contributed by atoms with Crippen LogP contribution in [0.4, 0.5) is 0 Å². The van der Waals surface area contributed by atoms with Crippen molar-refractivity contribution in [2.45, 2.75) is 25.8 Å². The number of benzene rings is 2. The fourth-order valence-corrected chi connectivity index (χ4v) is 3.74. The standard InChI is InChI=1S/C21H22Cl2N2O2/c22-18-7-6-17(19(23)13-18)14-24-21(27)16-8-10-25(11-9-16)20(26)12-15-4-2-1-3-5-15/h1-7,13,16H,8-12,14H2,(H,24,27). The maximum absolute atomic E-state index is 12.4. The molecule has 0 bridgehead atoms. The van der Waals surface area contributed by atoms with E-state index >= 15 is 0 Å². The number of likely N-dealkylation sites (tertiary alicyclic amines) is 1. The van der Waals surface area contributed by atoms with E-state index in [1.165, 1.54) is 0 Å². The largest absolute Gasteiger partial charge is 0.352 e. The van der Waals surface area contributed by atoms with Crippen LogP contribution in [0.15, 0.2) is 48.5 Å². The lowest BCUT2D eigenvalue weighted by Crippen LogP contribution is -2.43. The number of hydrogen-bond donors (Lipinski definition) is 1. The van der Waals surface area contributed by atoms with E-state index < -0.39 is 0 Å². The zero-order chi connectivity index (χ0) is 19.2. The maximum atomic E-state index is 12.4. The second-order valence-electron chi connectivity index (χ2n) is 6.77. The Kier molecular flexibility index (Phi) is 6.75. The highest BCUT2D eigenvalue weighted by molar-refractivity contribution is 6.35. The third-order valence-electron chi connectivity index (χ3n) is 4.88. The maximum Gasteiger partial charge on any atom is 0.226 e. The molecule has 0 saturated carbocycles. The van der Waals surface area contributed by atoms with Gasteiger partial charge in [-0.15, -0.1) is 0 Å². The Hall–Kier alpha value is -2.04. The molecule has 2 aromatic rings. The quantitative estimate of drug-likeness (QED) is 0.815. The first-order chi connectivity index (χ1) is 13.0. The Morgan fingerprint density at radius 2 is 1.74 bits per heavy atom. The minimum atomic E-state index is -0.0724. The molecular formula is C21H22Cl2N2O2. The number of hydrogen-bond acceptors (Lipinski definition) is 2. The van der Waals surface area contributed by atoms with Gasteiger partial charge < -0.3 is 10.2 Å². The van der Waals surface area contributed by atoms with Crippen molar-refractivity contribution in [2.24, 2.45) is 5.92 Å². The summed E-state index contributed by atoms with van der Waals surface area (Å²) in [5.74, 6) is 0.0565. The van der Waals surface area contributed by atoms with E-state index in [4.69, 9.17) is 23.2 Å². The second kappa shape index (κ2) is 9.25. The Labute approximate surface area is 169 Å². The number of piperidine rings is 1. The average Bonchev–Trinajstić information content (AvgIpc) is 2.68. The van der Waals surface area contributed by atoms with E-state index in [0.29, 0.717) is 48.9 Å². The molecule has 1 heterocycles. The van der Waals surface area contributed by atoms with Gasteiger partial charge in [0.2, 0.25) is 11.8 Å². The third kappa shape index (κ3) is 5.47. The number of nitrogens with one attached hydrogen (secondary N) is 1. The van der Waals surface area contributed by atoms with Gasteiger partial charge in [0.15, 0.2) is 0 Å². The number of amides is 2. The summed E-state index contributed by atoms with van der Waals surface area (Å²) >= 11 is 12.0. The van der Waals surface area contributed by atoms with Gasteiger partial charge in [0, 0.05) is 35.6 Å². The van der Waals surface area contributed by atoms with Gasteiger partial charge in [-0.3, -0.25) is 9.59 Å². The fraction of sp³-hybridized carbons (Fsp3) is 0.333. The minimum absolute atomic E-state index is 0.0103. The van der Waals surface area contributed by atoms with Crippen LogP contribution in [0.1, 0.15) is 24.0 Å². The molecule has 3 rings (SSSR count). The molecule has 2 amide bonds. The average molecular weight is 405 g/mol. The predicted octanol–water partition coefficient (Wildman–Crippen LogP) is 4.09. The zero-order valence-corrected chi connectivity index (χ0v) is 16.5. The van der Waals surface area contributed by atoms with Crippen LogP contribution in [0.2, 0.25) is 10.0 Å². The van der Waals surface area contributed by atoms with Gasteiger partial charge in [0.1, 0.15) is 0 Å². The molecule has 27 heavy (non-hydrogen) atoms. The Bertz CT molecular complexity index is 803. The van der Waals surface area contributed by atoms with Gasteiger partial charge in [-0.05, 0) is 36.1 Å². The van der Waals surface area contributed by atoms with Gasteiger partial charge >= 0.3 is 0 Å². The molecule has 0 aromatic heterocycles. The molecule has 1 saturated heterocycles. The third-order valence-corrected chi connectivity index (χ3v) is 5.47. The molecule has 0 spiro atoms. The molecule has 1 fully saturated rings. The number of halogens is 2. The summed E-state index contributed by atoms with van der Waals surface area (Å²) in [6, 6.07) is 15.0. The minimum Gasteiger partial charge on any atom is -0.352 e. The van der Waals surface area contributed by atoms with E-state index in [0.717, 1.165) is 11.1 Å². The molecule has 0 atom stereocenters. The molecule has 1 aliphatic heterocycles. The number of rotatable bonds is 5. The summed E-state index contributed by atoms with van der Waals surface area (Å²) in [5, 5.41) is 4.06. The summed E-state index contributed by atoms with van der Waals surface area (Å²) in [5.41, 5.74) is 1.85. The lowest BCUT2D eigenvalue weighted by Gasteiger charge is -2.31. The molecular weight excluding hydrogens is 383 g/mol. The molecule has 4 nitrogen and oxygen atoms in total. The molecule has 0 radical (unpaired) electrons. The van der Waals surface area contributed by atoms with Crippen LogP contribution in [-0.4, -0.2) is 29.8 Å². The van der Waals surface area contributed by atoms with Crippen molar-refractivity contribution in [3.63, 3.8) is 0 Å². The van der Waals surface area contributed by atoms with Crippen LogP contribution < -0.4 is 5.32 Å². The molecule has 142 valence electrons. The second-order valence-corrected chi connectivity index (χ2v) is 7.61. The van der Waals surface area contributed by atoms with Crippen molar-refractivity contribution >= 4 is 35.0 Å². The van der Waals surface area contributed by atoms with Crippen LogP contribution in [-0.2, 0) is 22.6 Å². The molecule has 2 aromatic carbocycles. The molecule has 0 aliphatic carbocycles. The molecule has 1 N–H and O–H groups in total.